The molecule has 0 radical (unpaired) electrons. The van der Waals surface area contributed by atoms with Gasteiger partial charge in [0.2, 0.25) is 0 Å². The van der Waals surface area contributed by atoms with Gasteiger partial charge in [0.15, 0.2) is 11.1 Å². The van der Waals surface area contributed by atoms with E-state index in [-0.39, 0.29) is 0 Å². The molecular formula is C2H2OS8. The molecule has 0 saturated carbocycles. The van der Waals surface area contributed by atoms with Crippen molar-refractivity contribution in [2.75, 3.05) is 0 Å². The van der Waals surface area contributed by atoms with E-state index in [1.165, 1.54) is 30.7 Å². The molecule has 11 heavy (non-hydrogen) atoms. The standard InChI is InChI=1S/C2H2OS8/c1-2-3-5-7-9-11-10-8-6-4/h1,4H. The Morgan fingerprint density at radius 3 is 2.36 bits per heavy atom. The number of hydrogen-bond acceptors (Lipinski definition) is 9. The van der Waals surface area contributed by atoms with Crippen LogP contribution in [0, 0.1) is 12.5 Å². The van der Waals surface area contributed by atoms with Gasteiger partial charge in [-0.05, 0) is 29.5 Å². The molecule has 0 heterocycles. The monoisotopic (exact) mass is 298 g/mol. The Balaban J connectivity index is 2.75. The van der Waals surface area contributed by atoms with Gasteiger partial charge in [-0.2, -0.15) is 0 Å². The SMILES string of the molecule is C#COSSSSSSSS. The minimum atomic E-state index is 1.19. The van der Waals surface area contributed by atoms with E-state index in [4.69, 9.17) is 6.42 Å². The van der Waals surface area contributed by atoms with Crippen molar-refractivity contribution < 1.29 is 4.18 Å². The zero-order valence-electron chi connectivity index (χ0n) is 4.79. The van der Waals surface area contributed by atoms with Crippen LogP contribution in [0.4, 0.5) is 0 Å². The third-order valence-electron chi connectivity index (χ3n) is 0.251. The summed E-state index contributed by atoms with van der Waals surface area (Å²) in [4.78, 5) is 0. The van der Waals surface area contributed by atoms with Gasteiger partial charge in [0.25, 0.3) is 0 Å². The van der Waals surface area contributed by atoms with E-state index in [1.54, 1.807) is 39.3 Å². The van der Waals surface area contributed by atoms with E-state index >= 15 is 0 Å². The molecular weight excluding hydrogens is 297 g/mol. The molecule has 0 aliphatic heterocycles. The zero-order chi connectivity index (χ0) is 8.36. The molecule has 0 bridgehead atoms. The van der Waals surface area contributed by atoms with Crippen molar-refractivity contribution in [3.05, 3.63) is 0 Å². The summed E-state index contributed by atoms with van der Waals surface area (Å²) >= 11 is 5.14. The first-order chi connectivity index (χ1) is 5.41. The Morgan fingerprint density at radius 2 is 1.73 bits per heavy atom. The quantitative estimate of drug-likeness (QED) is 0.229. The van der Waals surface area contributed by atoms with E-state index in [1.807, 2.05) is 0 Å². The van der Waals surface area contributed by atoms with Crippen molar-refractivity contribution in [3.8, 4) is 12.5 Å². The van der Waals surface area contributed by atoms with Crippen LogP contribution in [0.15, 0.2) is 0 Å². The fourth-order valence-corrected chi connectivity index (χ4v) is 12.8. The highest BCUT2D eigenvalue weighted by Crippen LogP contribution is 2.55. The second kappa shape index (κ2) is 12.2. The summed E-state index contributed by atoms with van der Waals surface area (Å²) in [6, 6.07) is 0. The zero-order valence-corrected chi connectivity index (χ0v) is 11.4. The fourth-order valence-electron chi connectivity index (χ4n) is 0.0913. The minimum Gasteiger partial charge on any atom is -0.363 e. The van der Waals surface area contributed by atoms with Crippen LogP contribution < -0.4 is 0 Å². The predicted molar refractivity (Wildman–Crippen MR) is 72.0 cm³/mol. The molecule has 64 valence electrons. The summed E-state index contributed by atoms with van der Waals surface area (Å²) in [5.41, 5.74) is 0. The summed E-state index contributed by atoms with van der Waals surface area (Å²) in [5.74, 6) is 0. The van der Waals surface area contributed by atoms with Gasteiger partial charge in [0.05, 0.1) is 0 Å². The van der Waals surface area contributed by atoms with Gasteiger partial charge in [-0.3, -0.25) is 0 Å². The summed E-state index contributed by atoms with van der Waals surface area (Å²) < 4.78 is 4.58. The molecule has 0 aliphatic carbocycles. The predicted octanol–water partition coefficient (Wildman–Crippen LogP) is 4.98. The molecule has 0 rings (SSSR count). The lowest BCUT2D eigenvalue weighted by atomic mass is 11.3. The first-order valence-electron chi connectivity index (χ1n) is 1.84. The molecule has 0 aromatic rings. The maximum absolute atomic E-state index is 4.85. The van der Waals surface area contributed by atoms with Gasteiger partial charge in [0, 0.05) is 29.5 Å². The first kappa shape index (κ1) is 13.2. The van der Waals surface area contributed by atoms with Crippen LogP contribution in [0.5, 0.6) is 0 Å². The molecule has 0 spiro atoms. The van der Waals surface area contributed by atoms with Crippen molar-refractivity contribution in [2.45, 2.75) is 0 Å². The largest absolute Gasteiger partial charge is 0.363 e. The summed E-state index contributed by atoms with van der Waals surface area (Å²) in [6.45, 7) is 0. The third-order valence-corrected chi connectivity index (χ3v) is 12.7. The van der Waals surface area contributed by atoms with Crippen molar-refractivity contribution in [1.82, 2.24) is 0 Å². The van der Waals surface area contributed by atoms with Crippen molar-refractivity contribution in [3.63, 3.8) is 0 Å². The maximum atomic E-state index is 4.85. The minimum absolute atomic E-state index is 1.19. The Labute approximate surface area is 97.2 Å². The van der Waals surface area contributed by atoms with E-state index < -0.39 is 0 Å². The van der Waals surface area contributed by atoms with E-state index in [0.29, 0.717) is 0 Å². The van der Waals surface area contributed by atoms with Gasteiger partial charge in [-0.1, -0.05) is 18.1 Å². The summed E-state index contributed by atoms with van der Waals surface area (Å²) in [7, 11) is 9.43. The van der Waals surface area contributed by atoms with Crippen molar-refractivity contribution in [2.24, 2.45) is 0 Å². The number of terminal acetylenes is 1. The second-order valence-electron chi connectivity index (χ2n) is 0.684. The molecule has 0 aromatic heterocycles. The fraction of sp³-hybridized carbons (Fsp3) is 0. The molecule has 0 unspecified atom stereocenters. The molecule has 0 atom stereocenters. The van der Waals surface area contributed by atoms with Crippen molar-refractivity contribution >= 4 is 81.7 Å². The lowest BCUT2D eigenvalue weighted by molar-refractivity contribution is 0.623. The number of hydrogen-bond donors (Lipinski definition) is 1. The highest BCUT2D eigenvalue weighted by atomic mass is 34.0. The smallest absolute Gasteiger partial charge is 0.152 e. The van der Waals surface area contributed by atoms with Crippen LogP contribution >= 0.6 is 81.7 Å². The highest BCUT2D eigenvalue weighted by molar-refractivity contribution is 9.48. The molecule has 0 amide bonds. The van der Waals surface area contributed by atoms with E-state index in [9.17, 15) is 0 Å². The van der Waals surface area contributed by atoms with Gasteiger partial charge in [-0.25, -0.2) is 0 Å². The molecule has 0 aromatic carbocycles. The number of thiol groups is 1. The lowest BCUT2D eigenvalue weighted by Crippen LogP contribution is -1.51. The highest BCUT2D eigenvalue weighted by Gasteiger charge is 1.93. The molecule has 0 fully saturated rings. The van der Waals surface area contributed by atoms with Crippen LogP contribution in [-0.2, 0) is 4.18 Å². The Hall–Kier alpha value is 2.16. The Morgan fingerprint density at radius 1 is 1.09 bits per heavy atom. The topological polar surface area (TPSA) is 9.23 Å². The molecule has 0 aliphatic rings. The molecule has 1 nitrogen and oxygen atoms in total. The van der Waals surface area contributed by atoms with Crippen LogP contribution in [0.3, 0.4) is 0 Å². The first-order valence-corrected chi connectivity index (χ1v) is 11.6. The molecule has 9 heteroatoms. The summed E-state index contributed by atoms with van der Waals surface area (Å²) in [5, 5.41) is 0. The second-order valence-corrected chi connectivity index (χ2v) is 12.2. The number of rotatable bonds is 7. The summed E-state index contributed by atoms with van der Waals surface area (Å²) in [6.07, 6.45) is 6.91. The van der Waals surface area contributed by atoms with Crippen LogP contribution in [0.1, 0.15) is 0 Å². The average Bonchev–Trinajstić information content (AvgIpc) is 2.03. The van der Waals surface area contributed by atoms with Gasteiger partial charge >= 0.3 is 0 Å². The molecule has 0 N–H and O–H groups in total. The third kappa shape index (κ3) is 12.2. The van der Waals surface area contributed by atoms with Gasteiger partial charge < -0.3 is 4.18 Å². The van der Waals surface area contributed by atoms with Crippen molar-refractivity contribution in [1.29, 1.82) is 0 Å². The normalized spacial score (nSPS) is 9.09. The lowest BCUT2D eigenvalue weighted by Gasteiger charge is -1.93. The van der Waals surface area contributed by atoms with Crippen LogP contribution in [0.2, 0.25) is 0 Å². The van der Waals surface area contributed by atoms with E-state index in [2.05, 4.69) is 22.0 Å². The average molecular weight is 299 g/mol. The van der Waals surface area contributed by atoms with Crippen LogP contribution in [-0.4, -0.2) is 0 Å². The van der Waals surface area contributed by atoms with Gasteiger partial charge in [0.1, 0.15) is 6.11 Å². The Bertz CT molecular complexity index is 109. The van der Waals surface area contributed by atoms with Crippen LogP contribution in [0.25, 0.3) is 0 Å². The Kier molecular flexibility index (Phi) is 14.5. The van der Waals surface area contributed by atoms with E-state index in [0.717, 1.165) is 0 Å². The maximum Gasteiger partial charge on any atom is 0.152 e. The van der Waals surface area contributed by atoms with Gasteiger partial charge in [-0.15, -0.1) is 0 Å². The molecule has 0 saturated heterocycles.